The Balaban J connectivity index is 0.00000320. The number of nitrogens with zero attached hydrogens (tertiary/aromatic N) is 3. The fourth-order valence-corrected chi connectivity index (χ4v) is 3.60. The number of guanidine groups is 1. The van der Waals surface area contributed by atoms with E-state index in [1.807, 2.05) is 65.4 Å². The van der Waals surface area contributed by atoms with E-state index in [1.165, 1.54) is 0 Å². The number of rotatable bonds is 5. The largest absolute Gasteiger partial charge is 0.352 e. The molecule has 2 amide bonds. The van der Waals surface area contributed by atoms with Gasteiger partial charge in [-0.05, 0) is 42.2 Å². The number of halogens is 2. The van der Waals surface area contributed by atoms with Gasteiger partial charge in [0.15, 0.2) is 5.96 Å². The van der Waals surface area contributed by atoms with Crippen molar-refractivity contribution in [1.82, 2.24) is 15.1 Å². The third-order valence-electron chi connectivity index (χ3n) is 4.96. The molecule has 3 rings (SSSR count). The van der Waals surface area contributed by atoms with Crippen molar-refractivity contribution in [3.05, 3.63) is 64.7 Å². The minimum Gasteiger partial charge on any atom is -0.352 e. The van der Waals surface area contributed by atoms with Gasteiger partial charge in [-0.2, -0.15) is 0 Å². The van der Waals surface area contributed by atoms with Gasteiger partial charge in [-0.1, -0.05) is 41.9 Å². The van der Waals surface area contributed by atoms with Crippen molar-refractivity contribution in [3.63, 3.8) is 0 Å². The predicted octanol–water partition coefficient (Wildman–Crippen LogP) is 4.79. The fourth-order valence-electron chi connectivity index (χ4n) is 3.40. The number of anilines is 1. The van der Waals surface area contributed by atoms with Gasteiger partial charge in [-0.25, -0.2) is 4.79 Å². The molecule has 0 bridgehead atoms. The Labute approximate surface area is 200 Å². The Hall–Kier alpha value is -2.00. The van der Waals surface area contributed by atoms with E-state index >= 15 is 0 Å². The molecule has 8 heteroatoms. The van der Waals surface area contributed by atoms with E-state index in [0.717, 1.165) is 53.7 Å². The summed E-state index contributed by atoms with van der Waals surface area (Å²) >= 11 is 6.27. The highest BCUT2D eigenvalue weighted by Gasteiger charge is 2.17. The summed E-state index contributed by atoms with van der Waals surface area (Å²) in [7, 11) is 3.74. The normalized spacial score (nSPS) is 13.6. The second-order valence-electron chi connectivity index (χ2n) is 7.17. The number of carbonyl (C=O) groups is 1. The van der Waals surface area contributed by atoms with Crippen molar-refractivity contribution in [2.45, 2.75) is 25.9 Å². The lowest BCUT2D eigenvalue weighted by molar-refractivity contribution is 0.222. The quantitative estimate of drug-likeness (QED) is 0.325. The molecule has 0 atom stereocenters. The SMILES string of the molecule is CN=C(NCc1cccc(NC(=O)N2CCCC2)c1)N(C)Cc1ccccc1Cl.I. The van der Waals surface area contributed by atoms with Crippen LogP contribution in [0.4, 0.5) is 10.5 Å². The first-order chi connectivity index (χ1) is 14.1. The Bertz CT molecular complexity index is 870. The number of carbonyl (C=O) groups excluding carboxylic acids is 1. The van der Waals surface area contributed by atoms with Gasteiger partial charge in [-0.3, -0.25) is 4.99 Å². The average Bonchev–Trinajstić information content (AvgIpc) is 3.26. The van der Waals surface area contributed by atoms with E-state index in [4.69, 9.17) is 11.6 Å². The third-order valence-corrected chi connectivity index (χ3v) is 5.33. The zero-order valence-corrected chi connectivity index (χ0v) is 20.5. The van der Waals surface area contributed by atoms with E-state index in [0.29, 0.717) is 13.1 Å². The zero-order chi connectivity index (χ0) is 20.6. The summed E-state index contributed by atoms with van der Waals surface area (Å²) < 4.78 is 0. The number of hydrogen-bond donors (Lipinski definition) is 2. The average molecular weight is 542 g/mol. The van der Waals surface area contributed by atoms with Gasteiger partial charge >= 0.3 is 6.03 Å². The molecule has 162 valence electrons. The first-order valence-corrected chi connectivity index (χ1v) is 10.2. The molecule has 0 unspecified atom stereocenters. The van der Waals surface area contributed by atoms with Crippen molar-refractivity contribution in [3.8, 4) is 0 Å². The maximum Gasteiger partial charge on any atom is 0.321 e. The van der Waals surface area contributed by atoms with Gasteiger partial charge in [0.1, 0.15) is 0 Å². The molecule has 0 saturated carbocycles. The van der Waals surface area contributed by atoms with Crippen LogP contribution in [0.25, 0.3) is 0 Å². The molecule has 2 N–H and O–H groups in total. The maximum atomic E-state index is 12.3. The number of aliphatic imine (C=N–C) groups is 1. The highest BCUT2D eigenvalue weighted by Crippen LogP contribution is 2.17. The topological polar surface area (TPSA) is 60.0 Å². The van der Waals surface area contributed by atoms with E-state index in [-0.39, 0.29) is 30.0 Å². The predicted molar refractivity (Wildman–Crippen MR) is 135 cm³/mol. The van der Waals surface area contributed by atoms with Crippen molar-refractivity contribution >= 4 is 53.3 Å². The second kappa shape index (κ2) is 12.0. The lowest BCUT2D eigenvalue weighted by Gasteiger charge is -2.23. The second-order valence-corrected chi connectivity index (χ2v) is 7.58. The smallest absolute Gasteiger partial charge is 0.321 e. The van der Waals surface area contributed by atoms with Crippen LogP contribution in [0.5, 0.6) is 0 Å². The summed E-state index contributed by atoms with van der Waals surface area (Å²) in [6.45, 7) is 2.93. The zero-order valence-electron chi connectivity index (χ0n) is 17.4. The maximum absolute atomic E-state index is 12.3. The molecule has 1 aliphatic heterocycles. The van der Waals surface area contributed by atoms with Crippen molar-refractivity contribution < 1.29 is 4.79 Å². The van der Waals surface area contributed by atoms with E-state index in [1.54, 1.807) is 7.05 Å². The first kappa shape index (κ1) is 24.3. The Kier molecular flexibility index (Phi) is 9.71. The van der Waals surface area contributed by atoms with Crippen LogP contribution >= 0.6 is 35.6 Å². The molecule has 2 aromatic carbocycles. The molecule has 0 radical (unpaired) electrons. The van der Waals surface area contributed by atoms with Crippen LogP contribution in [0.15, 0.2) is 53.5 Å². The van der Waals surface area contributed by atoms with Crippen LogP contribution in [0, 0.1) is 0 Å². The minimum atomic E-state index is -0.0251. The Morgan fingerprint density at radius 3 is 2.60 bits per heavy atom. The van der Waals surface area contributed by atoms with Gasteiger partial charge in [0, 0.05) is 51.0 Å². The van der Waals surface area contributed by atoms with E-state index in [9.17, 15) is 4.79 Å². The lowest BCUT2D eigenvalue weighted by Crippen LogP contribution is -2.38. The van der Waals surface area contributed by atoms with Crippen LogP contribution < -0.4 is 10.6 Å². The highest BCUT2D eigenvalue weighted by atomic mass is 127. The number of amides is 2. The molecule has 6 nitrogen and oxygen atoms in total. The molecule has 0 aromatic heterocycles. The molecule has 1 saturated heterocycles. The van der Waals surface area contributed by atoms with Gasteiger partial charge in [0.2, 0.25) is 0 Å². The third kappa shape index (κ3) is 6.77. The Morgan fingerprint density at radius 1 is 1.17 bits per heavy atom. The molecule has 2 aromatic rings. The van der Waals surface area contributed by atoms with Crippen LogP contribution in [-0.4, -0.2) is 49.0 Å². The molecule has 30 heavy (non-hydrogen) atoms. The Morgan fingerprint density at radius 2 is 1.90 bits per heavy atom. The minimum absolute atomic E-state index is 0. The number of benzene rings is 2. The number of nitrogens with one attached hydrogen (secondary N) is 2. The summed E-state index contributed by atoms with van der Waals surface area (Å²) in [5, 5.41) is 7.11. The molecular weight excluding hydrogens is 513 g/mol. The summed E-state index contributed by atoms with van der Waals surface area (Å²) in [6, 6.07) is 15.7. The van der Waals surface area contributed by atoms with Crippen LogP contribution in [-0.2, 0) is 13.1 Å². The van der Waals surface area contributed by atoms with Crippen molar-refractivity contribution in [1.29, 1.82) is 0 Å². The standard InChI is InChI=1S/C22H28ClN5O.HI/c1-24-21(27(2)16-18-9-3-4-11-20(18)23)25-15-17-8-7-10-19(14-17)26-22(29)28-12-5-6-13-28;/h3-4,7-11,14H,5-6,12-13,15-16H2,1-2H3,(H,24,25)(H,26,29);1H. The number of likely N-dealkylation sites (tertiary alicyclic amines) is 1. The van der Waals surface area contributed by atoms with Gasteiger partial charge < -0.3 is 20.4 Å². The first-order valence-electron chi connectivity index (χ1n) is 9.87. The van der Waals surface area contributed by atoms with Crippen molar-refractivity contribution in [2.24, 2.45) is 4.99 Å². The number of hydrogen-bond acceptors (Lipinski definition) is 2. The molecule has 0 aliphatic carbocycles. The van der Waals surface area contributed by atoms with E-state index < -0.39 is 0 Å². The van der Waals surface area contributed by atoms with Gasteiger partial charge in [-0.15, -0.1) is 24.0 Å². The summed E-state index contributed by atoms with van der Waals surface area (Å²) in [6.07, 6.45) is 2.16. The van der Waals surface area contributed by atoms with Crippen LogP contribution in [0.3, 0.4) is 0 Å². The van der Waals surface area contributed by atoms with Gasteiger partial charge in [0.05, 0.1) is 0 Å². The van der Waals surface area contributed by atoms with Crippen LogP contribution in [0.1, 0.15) is 24.0 Å². The monoisotopic (exact) mass is 541 g/mol. The summed E-state index contributed by atoms with van der Waals surface area (Å²) in [5.74, 6) is 0.774. The number of urea groups is 1. The highest BCUT2D eigenvalue weighted by molar-refractivity contribution is 14.0. The van der Waals surface area contributed by atoms with E-state index in [2.05, 4.69) is 15.6 Å². The lowest BCUT2D eigenvalue weighted by atomic mass is 10.2. The fraction of sp³-hybridized carbons (Fsp3) is 0.364. The molecule has 1 fully saturated rings. The van der Waals surface area contributed by atoms with Crippen LogP contribution in [0.2, 0.25) is 5.02 Å². The molecule has 1 heterocycles. The van der Waals surface area contributed by atoms with Gasteiger partial charge in [0.25, 0.3) is 0 Å². The molecular formula is C22H29ClIN5O. The van der Waals surface area contributed by atoms with Crippen molar-refractivity contribution in [2.75, 3.05) is 32.5 Å². The summed E-state index contributed by atoms with van der Waals surface area (Å²) in [4.78, 5) is 20.5. The molecule has 0 spiro atoms. The summed E-state index contributed by atoms with van der Waals surface area (Å²) in [5.41, 5.74) is 2.92. The molecule has 1 aliphatic rings.